The molecule has 144 valence electrons. The summed E-state index contributed by atoms with van der Waals surface area (Å²) in [6.07, 6.45) is 0. The largest absolute Gasteiger partial charge is 0.289 e. The first-order valence-electron chi connectivity index (χ1n) is 9.32. The summed E-state index contributed by atoms with van der Waals surface area (Å²) in [6.45, 7) is 5.51. The van der Waals surface area contributed by atoms with Crippen molar-refractivity contribution in [2.24, 2.45) is 7.05 Å². The zero-order valence-corrected chi connectivity index (χ0v) is 16.1. The van der Waals surface area contributed by atoms with Crippen LogP contribution in [0.15, 0.2) is 53.3 Å². The van der Waals surface area contributed by atoms with E-state index in [1.807, 2.05) is 40.8 Å². The average Bonchev–Trinajstić information content (AvgIpc) is 3.14. The zero-order chi connectivity index (χ0) is 19.8. The van der Waals surface area contributed by atoms with E-state index in [9.17, 15) is 9.18 Å². The maximum atomic E-state index is 13.3. The molecule has 0 aliphatic rings. The molecule has 0 amide bonds. The van der Waals surface area contributed by atoms with Gasteiger partial charge in [0.05, 0.1) is 17.4 Å². The molecule has 6 nitrogen and oxygen atoms in total. The van der Waals surface area contributed by atoms with Crippen molar-refractivity contribution in [1.29, 1.82) is 0 Å². The smallest absolute Gasteiger partial charge is 0.262 e. The van der Waals surface area contributed by atoms with Crippen LogP contribution >= 0.6 is 0 Å². The van der Waals surface area contributed by atoms with Crippen molar-refractivity contribution in [3.8, 4) is 0 Å². The second-order valence-electron chi connectivity index (χ2n) is 6.92. The maximum absolute atomic E-state index is 13.3. The average molecular weight is 379 g/mol. The van der Waals surface area contributed by atoms with Gasteiger partial charge >= 0.3 is 0 Å². The molecule has 0 saturated heterocycles. The molecule has 0 saturated carbocycles. The van der Waals surface area contributed by atoms with Gasteiger partial charge in [0.1, 0.15) is 5.82 Å². The Bertz CT molecular complexity index is 1200. The Morgan fingerprint density at radius 1 is 1.11 bits per heavy atom. The predicted molar refractivity (Wildman–Crippen MR) is 107 cm³/mol. The molecule has 0 spiro atoms. The number of fused-ring (bicyclic) bond motifs is 3. The molecule has 28 heavy (non-hydrogen) atoms. The van der Waals surface area contributed by atoms with Crippen LogP contribution in [-0.4, -0.2) is 30.6 Å². The number of rotatable bonds is 5. The van der Waals surface area contributed by atoms with Crippen LogP contribution in [0.1, 0.15) is 31.3 Å². The standard InChI is InChI=1S/C21H22FN5O/c1-4-26(14(2)15-9-11-16(22)12-10-15)13-19-23-24-21-25(3)20(28)17-7-5-6-8-18(17)27(19)21/h5-12,14H,4,13H2,1-3H3/t14-/m1/s1. The maximum Gasteiger partial charge on any atom is 0.262 e. The monoisotopic (exact) mass is 379 g/mol. The van der Waals surface area contributed by atoms with Crippen molar-refractivity contribution in [2.75, 3.05) is 6.54 Å². The molecule has 7 heteroatoms. The van der Waals surface area contributed by atoms with E-state index in [1.54, 1.807) is 7.05 Å². The third kappa shape index (κ3) is 2.97. The lowest BCUT2D eigenvalue weighted by atomic mass is 10.1. The number of para-hydroxylation sites is 1. The van der Waals surface area contributed by atoms with E-state index in [4.69, 9.17) is 0 Å². The Labute approximate surface area is 161 Å². The lowest BCUT2D eigenvalue weighted by molar-refractivity contribution is 0.207. The molecule has 0 aliphatic carbocycles. The first-order valence-corrected chi connectivity index (χ1v) is 9.32. The Morgan fingerprint density at radius 3 is 2.54 bits per heavy atom. The fourth-order valence-electron chi connectivity index (χ4n) is 3.65. The molecular weight excluding hydrogens is 357 g/mol. The molecule has 2 heterocycles. The molecule has 0 aliphatic heterocycles. The van der Waals surface area contributed by atoms with Gasteiger partial charge in [0.25, 0.3) is 5.56 Å². The molecule has 0 unspecified atom stereocenters. The molecule has 0 radical (unpaired) electrons. The van der Waals surface area contributed by atoms with Crippen LogP contribution in [0, 0.1) is 5.82 Å². The summed E-state index contributed by atoms with van der Waals surface area (Å²) >= 11 is 0. The fraction of sp³-hybridized carbons (Fsp3) is 0.286. The third-order valence-electron chi connectivity index (χ3n) is 5.34. The lowest BCUT2D eigenvalue weighted by Crippen LogP contribution is -2.28. The highest BCUT2D eigenvalue weighted by Gasteiger charge is 2.20. The van der Waals surface area contributed by atoms with E-state index < -0.39 is 0 Å². The van der Waals surface area contributed by atoms with Crippen LogP contribution in [0.3, 0.4) is 0 Å². The minimum atomic E-state index is -0.241. The number of aromatic nitrogens is 4. The van der Waals surface area contributed by atoms with Gasteiger partial charge in [0.2, 0.25) is 5.78 Å². The van der Waals surface area contributed by atoms with Crippen LogP contribution in [0.2, 0.25) is 0 Å². The highest BCUT2D eigenvalue weighted by atomic mass is 19.1. The molecule has 1 atom stereocenters. The van der Waals surface area contributed by atoms with E-state index in [0.717, 1.165) is 23.4 Å². The first kappa shape index (κ1) is 18.3. The number of hydrogen-bond acceptors (Lipinski definition) is 4. The van der Waals surface area contributed by atoms with E-state index in [-0.39, 0.29) is 17.4 Å². The summed E-state index contributed by atoms with van der Waals surface area (Å²) in [7, 11) is 1.71. The summed E-state index contributed by atoms with van der Waals surface area (Å²) in [6, 6.07) is 14.2. The van der Waals surface area contributed by atoms with Crippen molar-refractivity contribution in [3.05, 3.63) is 76.1 Å². The number of nitrogens with zero attached hydrogens (tertiary/aromatic N) is 5. The van der Waals surface area contributed by atoms with Crippen LogP contribution < -0.4 is 5.56 Å². The van der Waals surface area contributed by atoms with E-state index in [2.05, 4.69) is 28.9 Å². The molecular formula is C21H22FN5O. The number of hydrogen-bond donors (Lipinski definition) is 0. The quantitative estimate of drug-likeness (QED) is 0.534. The highest BCUT2D eigenvalue weighted by Crippen LogP contribution is 2.23. The van der Waals surface area contributed by atoms with Gasteiger partial charge in [-0.05, 0) is 43.3 Å². The topological polar surface area (TPSA) is 55.4 Å². The molecule has 0 fully saturated rings. The van der Waals surface area contributed by atoms with Gasteiger partial charge in [-0.25, -0.2) is 4.39 Å². The molecule has 4 aromatic rings. The van der Waals surface area contributed by atoms with Crippen LogP contribution in [-0.2, 0) is 13.6 Å². The number of benzene rings is 2. The minimum absolute atomic E-state index is 0.0803. The zero-order valence-electron chi connectivity index (χ0n) is 16.1. The van der Waals surface area contributed by atoms with Crippen molar-refractivity contribution in [1.82, 2.24) is 24.1 Å². The summed E-state index contributed by atoms with van der Waals surface area (Å²) in [4.78, 5) is 14.8. The molecule has 2 aromatic carbocycles. The normalized spacial score (nSPS) is 12.9. The second-order valence-corrected chi connectivity index (χ2v) is 6.92. The van der Waals surface area contributed by atoms with Crippen LogP contribution in [0.5, 0.6) is 0 Å². The van der Waals surface area contributed by atoms with E-state index in [0.29, 0.717) is 17.7 Å². The fourth-order valence-corrected chi connectivity index (χ4v) is 3.65. The van der Waals surface area contributed by atoms with Gasteiger partial charge in [-0.1, -0.05) is 31.2 Å². The summed E-state index contributed by atoms with van der Waals surface area (Å²) < 4.78 is 16.7. The van der Waals surface area contributed by atoms with Crippen molar-refractivity contribution < 1.29 is 4.39 Å². The summed E-state index contributed by atoms with van der Waals surface area (Å²) in [5.74, 6) is 1.04. The van der Waals surface area contributed by atoms with E-state index >= 15 is 0 Å². The minimum Gasteiger partial charge on any atom is -0.289 e. The molecule has 0 bridgehead atoms. The lowest BCUT2D eigenvalue weighted by Gasteiger charge is -2.27. The molecule has 4 rings (SSSR count). The van der Waals surface area contributed by atoms with E-state index in [1.165, 1.54) is 16.7 Å². The highest BCUT2D eigenvalue weighted by molar-refractivity contribution is 5.80. The SMILES string of the molecule is CCN(Cc1nnc2n(C)c(=O)c3ccccc3n12)[C@H](C)c1ccc(F)cc1. The number of halogens is 1. The Morgan fingerprint density at radius 2 is 1.82 bits per heavy atom. The van der Waals surface area contributed by atoms with Gasteiger partial charge in [0, 0.05) is 13.1 Å². The van der Waals surface area contributed by atoms with Crippen molar-refractivity contribution in [2.45, 2.75) is 26.4 Å². The van der Waals surface area contributed by atoms with Gasteiger partial charge in [-0.3, -0.25) is 18.7 Å². The Kier molecular flexibility index (Phi) is 4.68. The first-order chi connectivity index (χ1) is 13.5. The molecule has 2 aromatic heterocycles. The molecule has 0 N–H and O–H groups in total. The predicted octanol–water partition coefficient (Wildman–Crippen LogP) is 3.30. The van der Waals surface area contributed by atoms with Crippen LogP contribution in [0.4, 0.5) is 4.39 Å². The number of aryl methyl sites for hydroxylation is 1. The van der Waals surface area contributed by atoms with Gasteiger partial charge < -0.3 is 0 Å². The van der Waals surface area contributed by atoms with Gasteiger partial charge in [0.15, 0.2) is 5.82 Å². The summed E-state index contributed by atoms with van der Waals surface area (Å²) in [5, 5.41) is 9.27. The Balaban J connectivity index is 1.78. The third-order valence-corrected chi connectivity index (χ3v) is 5.34. The Hall–Kier alpha value is -3.06. The second kappa shape index (κ2) is 7.16. The van der Waals surface area contributed by atoms with Gasteiger partial charge in [-0.2, -0.15) is 0 Å². The van der Waals surface area contributed by atoms with Crippen LogP contribution in [0.25, 0.3) is 16.7 Å². The summed E-state index contributed by atoms with van der Waals surface area (Å²) in [5.41, 5.74) is 1.74. The van der Waals surface area contributed by atoms with Gasteiger partial charge in [-0.15, -0.1) is 10.2 Å². The van der Waals surface area contributed by atoms with Crippen molar-refractivity contribution >= 4 is 16.7 Å². The van der Waals surface area contributed by atoms with Crippen molar-refractivity contribution in [3.63, 3.8) is 0 Å².